The predicted octanol–water partition coefficient (Wildman–Crippen LogP) is -2.31. The molecule has 0 aliphatic heterocycles. The van der Waals surface area contributed by atoms with Crippen LogP contribution in [0.25, 0.3) is 0 Å². The summed E-state index contributed by atoms with van der Waals surface area (Å²) in [6.07, 6.45) is 0. The number of aliphatic hydroxyl groups is 1. The van der Waals surface area contributed by atoms with Crippen molar-refractivity contribution < 1.29 is 48.2 Å². The highest BCUT2D eigenvalue weighted by Gasteiger charge is 1.62. The highest BCUT2D eigenvalue weighted by molar-refractivity contribution is 7.31. The molecule has 0 heterocycles. The van der Waals surface area contributed by atoms with E-state index in [4.69, 9.17) is 48.2 Å². The molecule has 0 aromatic carbocycles. The standard InChI is InChI=1S/CH4O.3H3O3P/c1-2;3*1-4(2)3/h2H,1H3;3*4H,(H2,1,2,3). The summed E-state index contributed by atoms with van der Waals surface area (Å²) in [5.41, 5.74) is 0. The Bertz CT molecular complexity index is 113. The molecule has 0 aromatic heterocycles. The van der Waals surface area contributed by atoms with Gasteiger partial charge in [0, 0.05) is 7.11 Å². The van der Waals surface area contributed by atoms with Gasteiger partial charge in [-0.2, -0.15) is 0 Å². The zero-order valence-electron chi connectivity index (χ0n) is 6.86. The Kier molecular flexibility index (Phi) is 39.8. The van der Waals surface area contributed by atoms with Crippen LogP contribution in [-0.2, 0) is 13.7 Å². The minimum Gasteiger partial charge on any atom is -0.400 e. The van der Waals surface area contributed by atoms with Crippen molar-refractivity contribution in [3.63, 3.8) is 0 Å². The SMILES string of the molecule is CO.O=[PH](O)O.O=[PH](O)O.O=[PH](O)O. The Hall–Kier alpha value is 0.410. The lowest BCUT2D eigenvalue weighted by molar-refractivity contribution is 0.399. The molecule has 0 spiro atoms. The van der Waals surface area contributed by atoms with E-state index in [0.717, 1.165) is 7.11 Å². The van der Waals surface area contributed by atoms with E-state index in [0.29, 0.717) is 0 Å². The largest absolute Gasteiger partial charge is 0.400 e. The molecule has 13 heteroatoms. The second kappa shape index (κ2) is 23.3. The van der Waals surface area contributed by atoms with E-state index in [1.807, 2.05) is 0 Å². The summed E-state index contributed by atoms with van der Waals surface area (Å²) in [6.45, 7) is 0. The van der Waals surface area contributed by atoms with Gasteiger partial charge in [-0.3, -0.25) is 13.7 Å². The quantitative estimate of drug-likeness (QED) is 0.236. The lowest BCUT2D eigenvalue weighted by Crippen LogP contribution is -1.38. The zero-order valence-corrected chi connectivity index (χ0v) is 9.86. The maximum atomic E-state index is 8.74. The molecule has 0 radical (unpaired) electrons. The van der Waals surface area contributed by atoms with Gasteiger partial charge < -0.3 is 34.5 Å². The highest BCUT2D eigenvalue weighted by Crippen LogP contribution is 1.99. The van der Waals surface area contributed by atoms with Crippen molar-refractivity contribution in [2.45, 2.75) is 0 Å². The third-order valence-corrected chi connectivity index (χ3v) is 0. The second-order valence-corrected chi connectivity index (χ2v) is 2.54. The van der Waals surface area contributed by atoms with Gasteiger partial charge in [0.05, 0.1) is 0 Å². The van der Waals surface area contributed by atoms with Gasteiger partial charge in [-0.1, -0.05) is 0 Å². The van der Waals surface area contributed by atoms with Gasteiger partial charge in [0.2, 0.25) is 0 Å². The molecule has 0 unspecified atom stereocenters. The van der Waals surface area contributed by atoms with Crippen LogP contribution in [0.15, 0.2) is 0 Å². The Balaban J connectivity index is -0.0000000492. The molecular formula is CH13O10P3. The van der Waals surface area contributed by atoms with Crippen LogP contribution in [-0.4, -0.2) is 41.6 Å². The minimum absolute atomic E-state index is 1.00. The summed E-state index contributed by atoms with van der Waals surface area (Å²) >= 11 is 0. The monoisotopic (exact) mass is 278 g/mol. The Labute approximate surface area is 81.0 Å². The van der Waals surface area contributed by atoms with Crippen molar-refractivity contribution >= 4 is 24.8 Å². The molecule has 0 aliphatic carbocycles. The molecule has 0 fully saturated rings. The van der Waals surface area contributed by atoms with E-state index in [1.165, 1.54) is 0 Å². The summed E-state index contributed by atoms with van der Waals surface area (Å²) < 4.78 is 26.2. The summed E-state index contributed by atoms with van der Waals surface area (Å²) in [4.78, 5) is 42.9. The van der Waals surface area contributed by atoms with Crippen molar-refractivity contribution in [1.82, 2.24) is 0 Å². The minimum atomic E-state index is -3.13. The second-order valence-electron chi connectivity index (χ2n) is 0.848. The molecule has 10 nitrogen and oxygen atoms in total. The lowest BCUT2D eigenvalue weighted by Gasteiger charge is -1.61. The number of hydrogen-bond acceptors (Lipinski definition) is 4. The van der Waals surface area contributed by atoms with E-state index in [9.17, 15) is 0 Å². The van der Waals surface area contributed by atoms with Crippen LogP contribution in [0.5, 0.6) is 0 Å². The molecule has 0 aromatic rings. The van der Waals surface area contributed by atoms with Crippen LogP contribution >= 0.6 is 24.8 Å². The van der Waals surface area contributed by atoms with E-state index in [1.54, 1.807) is 0 Å². The van der Waals surface area contributed by atoms with Gasteiger partial charge in [-0.05, 0) is 0 Å². The van der Waals surface area contributed by atoms with Gasteiger partial charge >= 0.3 is 24.8 Å². The summed E-state index contributed by atoms with van der Waals surface area (Å²) in [7, 11) is -8.39. The fourth-order valence-corrected chi connectivity index (χ4v) is 0. The van der Waals surface area contributed by atoms with Crippen LogP contribution in [0.4, 0.5) is 0 Å². The topological polar surface area (TPSA) is 193 Å². The summed E-state index contributed by atoms with van der Waals surface area (Å²) in [6, 6.07) is 0. The molecule has 0 rings (SSSR count). The molecule has 0 saturated heterocycles. The fraction of sp³-hybridized carbons (Fsp3) is 1.00. The van der Waals surface area contributed by atoms with Gasteiger partial charge in [-0.25, -0.2) is 0 Å². The maximum Gasteiger partial charge on any atom is 0.314 e. The number of hydrogen-bond donors (Lipinski definition) is 7. The number of aliphatic hydroxyl groups excluding tert-OH is 1. The van der Waals surface area contributed by atoms with Crippen LogP contribution in [0.2, 0.25) is 0 Å². The zero-order chi connectivity index (χ0) is 12.7. The van der Waals surface area contributed by atoms with Crippen molar-refractivity contribution in [1.29, 1.82) is 0 Å². The van der Waals surface area contributed by atoms with Crippen molar-refractivity contribution in [3.05, 3.63) is 0 Å². The first-order valence-corrected chi connectivity index (χ1v) is 6.31. The van der Waals surface area contributed by atoms with Gasteiger partial charge in [0.15, 0.2) is 0 Å². The van der Waals surface area contributed by atoms with E-state index >= 15 is 0 Å². The predicted molar refractivity (Wildman–Crippen MR) is 48.5 cm³/mol. The lowest BCUT2D eigenvalue weighted by atomic mass is 11.8. The molecule has 0 bridgehead atoms. The molecule has 0 saturated carbocycles. The Morgan fingerprint density at radius 1 is 0.571 bits per heavy atom. The van der Waals surface area contributed by atoms with Gasteiger partial charge in [-0.15, -0.1) is 0 Å². The highest BCUT2D eigenvalue weighted by atomic mass is 31.1. The van der Waals surface area contributed by atoms with Crippen molar-refractivity contribution in [3.8, 4) is 0 Å². The average molecular weight is 278 g/mol. The van der Waals surface area contributed by atoms with E-state index in [-0.39, 0.29) is 0 Å². The first kappa shape index (κ1) is 23.9. The van der Waals surface area contributed by atoms with Crippen LogP contribution in [0, 0.1) is 0 Å². The van der Waals surface area contributed by atoms with Crippen LogP contribution < -0.4 is 0 Å². The van der Waals surface area contributed by atoms with E-state index in [2.05, 4.69) is 0 Å². The first-order valence-electron chi connectivity index (χ1n) is 2.40. The van der Waals surface area contributed by atoms with Crippen LogP contribution in [0.1, 0.15) is 0 Å². The Morgan fingerprint density at radius 3 is 0.571 bits per heavy atom. The fourth-order valence-electron chi connectivity index (χ4n) is 0. The molecular weight excluding hydrogens is 265 g/mol. The maximum absolute atomic E-state index is 8.74. The Morgan fingerprint density at radius 2 is 0.571 bits per heavy atom. The molecule has 92 valence electrons. The normalized spacial score (nSPS) is 7.93. The van der Waals surface area contributed by atoms with Gasteiger partial charge in [0.1, 0.15) is 0 Å². The molecule has 7 N–H and O–H groups in total. The smallest absolute Gasteiger partial charge is 0.314 e. The van der Waals surface area contributed by atoms with Crippen molar-refractivity contribution in [2.24, 2.45) is 0 Å². The van der Waals surface area contributed by atoms with E-state index < -0.39 is 24.8 Å². The first-order chi connectivity index (χ1) is 6.20. The van der Waals surface area contributed by atoms with Gasteiger partial charge in [0.25, 0.3) is 0 Å². The third-order valence-electron chi connectivity index (χ3n) is 0. The molecule has 14 heavy (non-hydrogen) atoms. The molecule has 0 amide bonds. The number of rotatable bonds is 0. The average Bonchev–Trinajstić information content (AvgIpc) is 1.86. The van der Waals surface area contributed by atoms with Crippen LogP contribution in [0.3, 0.4) is 0 Å². The molecule has 0 atom stereocenters. The van der Waals surface area contributed by atoms with Crippen molar-refractivity contribution in [2.75, 3.05) is 7.11 Å². The summed E-state index contributed by atoms with van der Waals surface area (Å²) in [5, 5.41) is 7.00. The summed E-state index contributed by atoms with van der Waals surface area (Å²) in [5.74, 6) is 0. The molecule has 0 aliphatic rings. The third kappa shape index (κ3) is 9610.